The minimum Gasteiger partial charge on any atom is -0.379 e. The van der Waals surface area contributed by atoms with Crippen molar-refractivity contribution in [3.8, 4) is 0 Å². The van der Waals surface area contributed by atoms with Crippen LogP contribution in [0.1, 0.15) is 10.6 Å². The van der Waals surface area contributed by atoms with Gasteiger partial charge in [0.2, 0.25) is 0 Å². The van der Waals surface area contributed by atoms with Crippen molar-refractivity contribution in [2.75, 3.05) is 5.32 Å². The third-order valence-corrected chi connectivity index (χ3v) is 3.70. The van der Waals surface area contributed by atoms with Gasteiger partial charge >= 0.3 is 0 Å². The number of aromatic nitrogens is 3. The first-order valence-corrected chi connectivity index (χ1v) is 6.27. The van der Waals surface area contributed by atoms with Gasteiger partial charge in [-0.1, -0.05) is 6.07 Å². The Hall–Kier alpha value is -1.88. The standard InChI is InChI=1S/C12H12N4S/c1-8-12(17-7-14-8)6-13-10-3-2-4-11-9(10)5-15-16-11/h2-5,7,13H,6H2,1H3,(H,15,16). The molecule has 5 heteroatoms. The molecular weight excluding hydrogens is 232 g/mol. The molecule has 0 spiro atoms. The summed E-state index contributed by atoms with van der Waals surface area (Å²) >= 11 is 1.68. The van der Waals surface area contributed by atoms with E-state index in [2.05, 4.69) is 26.6 Å². The highest BCUT2D eigenvalue weighted by Gasteiger charge is 2.04. The molecular formula is C12H12N4S. The fraction of sp³-hybridized carbons (Fsp3) is 0.167. The minimum atomic E-state index is 0.806. The summed E-state index contributed by atoms with van der Waals surface area (Å²) in [6, 6.07) is 6.10. The molecule has 17 heavy (non-hydrogen) atoms. The molecule has 0 aliphatic carbocycles. The van der Waals surface area contributed by atoms with E-state index >= 15 is 0 Å². The lowest BCUT2D eigenvalue weighted by molar-refractivity contribution is 1.12. The van der Waals surface area contributed by atoms with Gasteiger partial charge in [0, 0.05) is 16.0 Å². The third-order valence-electron chi connectivity index (χ3n) is 2.77. The quantitative estimate of drug-likeness (QED) is 0.744. The Morgan fingerprint density at radius 3 is 3.18 bits per heavy atom. The molecule has 0 atom stereocenters. The number of nitrogens with one attached hydrogen (secondary N) is 2. The molecule has 0 aliphatic heterocycles. The molecule has 0 radical (unpaired) electrons. The number of hydrogen-bond donors (Lipinski definition) is 2. The second-order valence-electron chi connectivity index (χ2n) is 3.85. The number of hydrogen-bond acceptors (Lipinski definition) is 4. The van der Waals surface area contributed by atoms with Crippen molar-refractivity contribution < 1.29 is 0 Å². The van der Waals surface area contributed by atoms with Crippen molar-refractivity contribution in [2.24, 2.45) is 0 Å². The van der Waals surface area contributed by atoms with Crippen molar-refractivity contribution in [1.82, 2.24) is 15.2 Å². The van der Waals surface area contributed by atoms with Crippen LogP contribution in [0.3, 0.4) is 0 Å². The Bertz CT molecular complexity index is 641. The molecule has 3 rings (SSSR count). The highest BCUT2D eigenvalue weighted by molar-refractivity contribution is 7.09. The van der Waals surface area contributed by atoms with E-state index in [0.717, 1.165) is 28.8 Å². The van der Waals surface area contributed by atoms with E-state index < -0.39 is 0 Å². The number of rotatable bonds is 3. The third kappa shape index (κ3) is 1.89. The molecule has 0 unspecified atom stereocenters. The average Bonchev–Trinajstić information content (AvgIpc) is 2.95. The minimum absolute atomic E-state index is 0.806. The van der Waals surface area contributed by atoms with Crippen LogP contribution in [0.2, 0.25) is 0 Å². The van der Waals surface area contributed by atoms with Gasteiger partial charge in [0.1, 0.15) is 0 Å². The van der Waals surface area contributed by atoms with Gasteiger partial charge in [0.15, 0.2) is 0 Å². The molecule has 2 heterocycles. The van der Waals surface area contributed by atoms with Gasteiger partial charge in [-0.25, -0.2) is 4.98 Å². The van der Waals surface area contributed by atoms with Crippen LogP contribution in [0.4, 0.5) is 5.69 Å². The Balaban J connectivity index is 1.86. The van der Waals surface area contributed by atoms with Gasteiger partial charge in [-0.05, 0) is 19.1 Å². The summed E-state index contributed by atoms with van der Waals surface area (Å²) in [6.45, 7) is 2.84. The maximum atomic E-state index is 4.24. The van der Waals surface area contributed by atoms with Crippen LogP contribution in [0.25, 0.3) is 10.9 Å². The number of H-pyrrole nitrogens is 1. The zero-order valence-electron chi connectivity index (χ0n) is 9.40. The van der Waals surface area contributed by atoms with Crippen molar-refractivity contribution in [1.29, 1.82) is 0 Å². The highest BCUT2D eigenvalue weighted by Crippen LogP contribution is 2.22. The monoisotopic (exact) mass is 244 g/mol. The number of fused-ring (bicyclic) bond motifs is 1. The number of anilines is 1. The number of aromatic amines is 1. The largest absolute Gasteiger partial charge is 0.379 e. The summed E-state index contributed by atoms with van der Waals surface area (Å²) in [5, 5.41) is 11.6. The molecule has 3 aromatic rings. The molecule has 0 fully saturated rings. The van der Waals surface area contributed by atoms with Gasteiger partial charge < -0.3 is 5.32 Å². The van der Waals surface area contributed by atoms with E-state index in [0.29, 0.717) is 0 Å². The van der Waals surface area contributed by atoms with E-state index in [-0.39, 0.29) is 0 Å². The normalized spacial score (nSPS) is 10.9. The molecule has 2 aromatic heterocycles. The first-order valence-electron chi connectivity index (χ1n) is 5.39. The predicted octanol–water partition coefficient (Wildman–Crippen LogP) is 2.94. The maximum Gasteiger partial charge on any atom is 0.0798 e. The number of thiazole rings is 1. The fourth-order valence-corrected chi connectivity index (χ4v) is 2.51. The summed E-state index contributed by atoms with van der Waals surface area (Å²) in [4.78, 5) is 5.51. The zero-order valence-corrected chi connectivity index (χ0v) is 10.2. The van der Waals surface area contributed by atoms with Gasteiger partial charge in [0.05, 0.1) is 29.5 Å². The van der Waals surface area contributed by atoms with Crippen LogP contribution in [0, 0.1) is 6.92 Å². The predicted molar refractivity (Wildman–Crippen MR) is 70.3 cm³/mol. The molecule has 86 valence electrons. The lowest BCUT2D eigenvalue weighted by Crippen LogP contribution is -1.99. The van der Waals surface area contributed by atoms with Crippen LogP contribution < -0.4 is 5.32 Å². The molecule has 2 N–H and O–H groups in total. The number of aryl methyl sites for hydroxylation is 1. The van der Waals surface area contributed by atoms with E-state index in [9.17, 15) is 0 Å². The van der Waals surface area contributed by atoms with Gasteiger partial charge in [-0.15, -0.1) is 11.3 Å². The van der Waals surface area contributed by atoms with Crippen LogP contribution in [-0.4, -0.2) is 15.2 Å². The SMILES string of the molecule is Cc1ncsc1CNc1cccc2[nH]ncc12. The van der Waals surface area contributed by atoms with Gasteiger partial charge in [-0.2, -0.15) is 5.10 Å². The molecule has 0 aliphatic rings. The second kappa shape index (κ2) is 4.18. The molecule has 0 bridgehead atoms. The molecule has 0 saturated heterocycles. The fourth-order valence-electron chi connectivity index (χ4n) is 1.79. The van der Waals surface area contributed by atoms with Crippen LogP contribution in [-0.2, 0) is 6.54 Å². The van der Waals surface area contributed by atoms with Gasteiger partial charge in [0.25, 0.3) is 0 Å². The van der Waals surface area contributed by atoms with E-state index in [4.69, 9.17) is 0 Å². The summed E-state index contributed by atoms with van der Waals surface area (Å²) < 4.78 is 0. The summed E-state index contributed by atoms with van der Waals surface area (Å²) in [7, 11) is 0. The summed E-state index contributed by atoms with van der Waals surface area (Å²) in [5.41, 5.74) is 5.13. The van der Waals surface area contributed by atoms with Crippen molar-refractivity contribution in [3.63, 3.8) is 0 Å². The lowest BCUT2D eigenvalue weighted by atomic mass is 10.2. The molecule has 1 aromatic carbocycles. The van der Waals surface area contributed by atoms with Crippen LogP contribution in [0.5, 0.6) is 0 Å². The molecule has 0 saturated carbocycles. The van der Waals surface area contributed by atoms with Crippen molar-refractivity contribution in [3.05, 3.63) is 40.5 Å². The Morgan fingerprint density at radius 2 is 2.35 bits per heavy atom. The van der Waals surface area contributed by atoms with Crippen LogP contribution >= 0.6 is 11.3 Å². The van der Waals surface area contributed by atoms with E-state index in [1.807, 2.05) is 30.8 Å². The first kappa shape index (κ1) is 10.3. The lowest BCUT2D eigenvalue weighted by Gasteiger charge is -2.06. The smallest absolute Gasteiger partial charge is 0.0798 e. The van der Waals surface area contributed by atoms with E-state index in [1.54, 1.807) is 11.3 Å². The zero-order chi connectivity index (χ0) is 11.7. The Kier molecular flexibility index (Phi) is 2.53. The molecule has 0 amide bonds. The Morgan fingerprint density at radius 1 is 1.41 bits per heavy atom. The van der Waals surface area contributed by atoms with E-state index in [1.165, 1.54) is 4.88 Å². The summed E-state index contributed by atoms with van der Waals surface area (Å²) in [5.74, 6) is 0. The first-order chi connectivity index (χ1) is 8.34. The maximum absolute atomic E-state index is 4.24. The highest BCUT2D eigenvalue weighted by atomic mass is 32.1. The topological polar surface area (TPSA) is 53.6 Å². The average molecular weight is 244 g/mol. The number of benzene rings is 1. The molecule has 4 nitrogen and oxygen atoms in total. The summed E-state index contributed by atoms with van der Waals surface area (Å²) in [6.07, 6.45) is 1.84. The van der Waals surface area contributed by atoms with Crippen LogP contribution in [0.15, 0.2) is 29.9 Å². The Labute approximate surface area is 103 Å². The second-order valence-corrected chi connectivity index (χ2v) is 4.79. The van der Waals surface area contributed by atoms with Crippen molar-refractivity contribution >= 4 is 27.9 Å². The van der Waals surface area contributed by atoms with Gasteiger partial charge in [-0.3, -0.25) is 5.10 Å². The number of nitrogens with zero attached hydrogens (tertiary/aromatic N) is 2. The van der Waals surface area contributed by atoms with Crippen molar-refractivity contribution in [2.45, 2.75) is 13.5 Å².